The molecule has 0 aromatic heterocycles. The van der Waals surface area contributed by atoms with Crippen LogP contribution >= 0.6 is 0 Å². The summed E-state index contributed by atoms with van der Waals surface area (Å²) in [6.45, 7) is 3.72. The summed E-state index contributed by atoms with van der Waals surface area (Å²) in [6.07, 6.45) is 0.687. The lowest BCUT2D eigenvalue weighted by Gasteiger charge is -2.12. The van der Waals surface area contributed by atoms with Gasteiger partial charge in [-0.15, -0.1) is 0 Å². The summed E-state index contributed by atoms with van der Waals surface area (Å²) in [4.78, 5) is 10.6. The summed E-state index contributed by atoms with van der Waals surface area (Å²) in [5.74, 6) is 0.180. The Morgan fingerprint density at radius 2 is 2.00 bits per heavy atom. The Morgan fingerprint density at radius 3 is 2.44 bits per heavy atom. The van der Waals surface area contributed by atoms with E-state index >= 15 is 0 Å². The van der Waals surface area contributed by atoms with Crippen molar-refractivity contribution < 1.29 is 17.4 Å². The van der Waals surface area contributed by atoms with Gasteiger partial charge >= 0.3 is 10.3 Å². The maximum atomic E-state index is 10.8. The summed E-state index contributed by atoms with van der Waals surface area (Å²) in [5, 5.41) is 4.79. The number of carbonyl (C=O) groups is 1. The lowest BCUT2D eigenvalue weighted by molar-refractivity contribution is 0.112. The molecule has 0 spiro atoms. The molecule has 0 bridgehead atoms. The van der Waals surface area contributed by atoms with E-state index in [0.717, 1.165) is 0 Å². The van der Waals surface area contributed by atoms with Gasteiger partial charge in [-0.05, 0) is 29.7 Å². The second kappa shape index (κ2) is 4.63. The van der Waals surface area contributed by atoms with E-state index in [2.05, 4.69) is 4.18 Å². The van der Waals surface area contributed by atoms with Gasteiger partial charge in [-0.1, -0.05) is 13.8 Å². The van der Waals surface area contributed by atoms with E-state index in [4.69, 9.17) is 5.14 Å². The number of benzene rings is 1. The highest BCUT2D eigenvalue weighted by Gasteiger charge is 2.13. The molecule has 5 nitrogen and oxygen atoms in total. The third kappa shape index (κ3) is 3.32. The molecule has 88 valence electrons. The summed E-state index contributed by atoms with van der Waals surface area (Å²) in [7, 11) is -4.04. The largest absolute Gasteiger partial charge is 0.380 e. The number of aldehydes is 1. The molecule has 0 aliphatic heterocycles. The van der Waals surface area contributed by atoms with Crippen LogP contribution in [0.5, 0.6) is 5.75 Å². The van der Waals surface area contributed by atoms with Crippen LogP contribution in [-0.4, -0.2) is 14.7 Å². The molecule has 0 heterocycles. The topological polar surface area (TPSA) is 86.5 Å². The van der Waals surface area contributed by atoms with Gasteiger partial charge in [0.15, 0.2) is 0 Å². The molecule has 1 rings (SSSR count). The smallest absolute Gasteiger partial charge is 0.371 e. The zero-order valence-electron chi connectivity index (χ0n) is 9.01. The first-order valence-corrected chi connectivity index (χ1v) is 6.12. The SMILES string of the molecule is CC(C)c1cc(C=O)ccc1OS(N)(=O)=O. The van der Waals surface area contributed by atoms with E-state index in [9.17, 15) is 13.2 Å². The Kier molecular flexibility index (Phi) is 3.66. The minimum atomic E-state index is -4.04. The first-order chi connectivity index (χ1) is 7.33. The van der Waals surface area contributed by atoms with Gasteiger partial charge in [0.05, 0.1) is 0 Å². The average molecular weight is 243 g/mol. The predicted octanol–water partition coefficient (Wildman–Crippen LogP) is 1.20. The standard InChI is InChI=1S/C10H13NO4S/c1-7(2)9-5-8(6-12)3-4-10(9)15-16(11,13)14/h3-7H,1-2H3,(H2,11,13,14). The third-order valence-electron chi connectivity index (χ3n) is 2.00. The minimum Gasteiger partial charge on any atom is -0.371 e. The van der Waals surface area contributed by atoms with E-state index < -0.39 is 10.3 Å². The van der Waals surface area contributed by atoms with Crippen LogP contribution in [0.3, 0.4) is 0 Å². The zero-order chi connectivity index (χ0) is 12.3. The number of rotatable bonds is 4. The van der Waals surface area contributed by atoms with Crippen LogP contribution in [0.4, 0.5) is 0 Å². The second-order valence-electron chi connectivity index (χ2n) is 3.65. The fourth-order valence-corrected chi connectivity index (χ4v) is 1.69. The van der Waals surface area contributed by atoms with Crippen LogP contribution < -0.4 is 9.32 Å². The maximum absolute atomic E-state index is 10.8. The molecular weight excluding hydrogens is 230 g/mol. The van der Waals surface area contributed by atoms with Crippen LogP contribution in [0.15, 0.2) is 18.2 Å². The molecule has 0 atom stereocenters. The highest BCUT2D eigenvalue weighted by atomic mass is 32.2. The first kappa shape index (κ1) is 12.7. The maximum Gasteiger partial charge on any atom is 0.380 e. The van der Waals surface area contributed by atoms with Gasteiger partial charge in [0, 0.05) is 5.56 Å². The molecule has 1 aromatic rings. The van der Waals surface area contributed by atoms with Crippen LogP contribution in [0.25, 0.3) is 0 Å². The second-order valence-corrected chi connectivity index (χ2v) is 4.80. The number of carbonyl (C=O) groups excluding carboxylic acids is 1. The van der Waals surface area contributed by atoms with Crippen LogP contribution in [0, 0.1) is 0 Å². The molecular formula is C10H13NO4S. The van der Waals surface area contributed by atoms with Crippen LogP contribution in [0.2, 0.25) is 0 Å². The van der Waals surface area contributed by atoms with E-state index in [1.807, 2.05) is 13.8 Å². The fraction of sp³-hybridized carbons (Fsp3) is 0.300. The lowest BCUT2D eigenvalue weighted by Crippen LogP contribution is -2.19. The van der Waals surface area contributed by atoms with Crippen molar-refractivity contribution in [2.45, 2.75) is 19.8 Å². The highest BCUT2D eigenvalue weighted by molar-refractivity contribution is 7.84. The Morgan fingerprint density at radius 1 is 1.38 bits per heavy atom. The van der Waals surface area contributed by atoms with Crippen molar-refractivity contribution in [3.8, 4) is 5.75 Å². The third-order valence-corrected chi connectivity index (χ3v) is 2.41. The van der Waals surface area contributed by atoms with E-state index in [-0.39, 0.29) is 11.7 Å². The molecule has 2 N–H and O–H groups in total. The summed E-state index contributed by atoms with van der Waals surface area (Å²) >= 11 is 0. The number of hydrogen-bond donors (Lipinski definition) is 1. The molecule has 0 saturated heterocycles. The monoisotopic (exact) mass is 243 g/mol. The van der Waals surface area contributed by atoms with Crippen LogP contribution in [0.1, 0.15) is 35.7 Å². The summed E-state index contributed by atoms with van der Waals surface area (Å²) in [6, 6.07) is 4.47. The fourth-order valence-electron chi connectivity index (χ4n) is 1.29. The van der Waals surface area contributed by atoms with Crippen molar-refractivity contribution >= 4 is 16.6 Å². The molecule has 0 unspecified atom stereocenters. The lowest BCUT2D eigenvalue weighted by atomic mass is 10.0. The van der Waals surface area contributed by atoms with Gasteiger partial charge in [0.1, 0.15) is 12.0 Å². The van der Waals surface area contributed by atoms with Gasteiger partial charge < -0.3 is 4.18 Å². The molecule has 0 fully saturated rings. The van der Waals surface area contributed by atoms with E-state index in [1.54, 1.807) is 6.07 Å². The van der Waals surface area contributed by atoms with Gasteiger partial charge in [-0.3, -0.25) is 4.79 Å². The number of nitrogens with two attached hydrogens (primary N) is 1. The van der Waals surface area contributed by atoms with Crippen LogP contribution in [-0.2, 0) is 10.3 Å². The Balaban J connectivity index is 3.23. The number of hydrogen-bond acceptors (Lipinski definition) is 4. The Labute approximate surface area is 94.5 Å². The Bertz CT molecular complexity index is 494. The quantitative estimate of drug-likeness (QED) is 0.805. The highest BCUT2D eigenvalue weighted by Crippen LogP contribution is 2.27. The van der Waals surface area contributed by atoms with Gasteiger partial charge in [0.25, 0.3) is 0 Å². The minimum absolute atomic E-state index is 0.0247. The van der Waals surface area contributed by atoms with E-state index in [1.165, 1.54) is 12.1 Å². The van der Waals surface area contributed by atoms with Crippen molar-refractivity contribution in [1.82, 2.24) is 0 Å². The molecule has 6 heteroatoms. The van der Waals surface area contributed by atoms with Gasteiger partial charge in [-0.25, -0.2) is 0 Å². The van der Waals surface area contributed by atoms with Gasteiger partial charge in [0.2, 0.25) is 0 Å². The molecule has 0 aliphatic rings. The average Bonchev–Trinajstić information content (AvgIpc) is 2.15. The van der Waals surface area contributed by atoms with Crippen molar-refractivity contribution in [1.29, 1.82) is 0 Å². The van der Waals surface area contributed by atoms with Crippen molar-refractivity contribution in [3.05, 3.63) is 29.3 Å². The van der Waals surface area contributed by atoms with E-state index in [0.29, 0.717) is 17.4 Å². The zero-order valence-corrected chi connectivity index (χ0v) is 9.82. The summed E-state index contributed by atoms with van der Waals surface area (Å²) in [5.41, 5.74) is 1.09. The Hall–Kier alpha value is -1.40. The molecule has 0 aliphatic carbocycles. The van der Waals surface area contributed by atoms with Crippen molar-refractivity contribution in [2.75, 3.05) is 0 Å². The molecule has 0 radical (unpaired) electrons. The predicted molar refractivity (Wildman–Crippen MR) is 59.7 cm³/mol. The summed E-state index contributed by atoms with van der Waals surface area (Å²) < 4.78 is 26.3. The first-order valence-electron chi connectivity index (χ1n) is 4.65. The molecule has 16 heavy (non-hydrogen) atoms. The molecule has 0 saturated carbocycles. The normalized spacial score (nSPS) is 11.5. The molecule has 1 aromatic carbocycles. The van der Waals surface area contributed by atoms with Crippen molar-refractivity contribution in [3.63, 3.8) is 0 Å². The van der Waals surface area contributed by atoms with Crippen molar-refractivity contribution in [2.24, 2.45) is 5.14 Å². The molecule has 0 amide bonds. The van der Waals surface area contributed by atoms with Gasteiger partial charge in [-0.2, -0.15) is 13.6 Å².